The second kappa shape index (κ2) is 3.33. The molecule has 0 spiro atoms. The lowest BCUT2D eigenvalue weighted by molar-refractivity contribution is 0.163. The first-order chi connectivity index (χ1) is 6.77. The maximum Gasteiger partial charge on any atom is 0.432 e. The molecule has 1 aromatic carbocycles. The van der Waals surface area contributed by atoms with Crippen molar-refractivity contribution in [2.75, 3.05) is 0 Å². The lowest BCUT2D eigenvalue weighted by Crippen LogP contribution is -2.28. The number of hydrogen-bond donors (Lipinski definition) is 1. The molecule has 0 fully saturated rings. The molecule has 0 bridgehead atoms. The molecular formula is C10H8N2O2. The molecular weight excluding hydrogens is 180 g/mol. The minimum atomic E-state index is -1.09. The van der Waals surface area contributed by atoms with E-state index in [0.29, 0.717) is 5.36 Å². The number of allylic oxidation sites excluding steroid dienone is 1. The van der Waals surface area contributed by atoms with Gasteiger partial charge < -0.3 is 5.11 Å². The Balaban J connectivity index is 2.63. The van der Waals surface area contributed by atoms with E-state index in [4.69, 9.17) is 5.11 Å². The van der Waals surface area contributed by atoms with Crippen LogP contribution in [0.4, 0.5) is 4.79 Å². The van der Waals surface area contributed by atoms with Crippen LogP contribution in [-0.4, -0.2) is 16.2 Å². The smallest absolute Gasteiger partial charge is 0.432 e. The van der Waals surface area contributed by atoms with E-state index in [1.54, 1.807) is 12.1 Å². The Morgan fingerprint density at radius 2 is 2.14 bits per heavy atom. The van der Waals surface area contributed by atoms with E-state index in [9.17, 15) is 4.79 Å². The quantitative estimate of drug-likeness (QED) is 0.644. The molecule has 4 nitrogen and oxygen atoms in total. The van der Waals surface area contributed by atoms with Crippen LogP contribution in [-0.2, 0) is 0 Å². The van der Waals surface area contributed by atoms with Gasteiger partial charge in [0.05, 0.1) is 5.36 Å². The van der Waals surface area contributed by atoms with Crippen molar-refractivity contribution in [2.45, 2.75) is 0 Å². The summed E-state index contributed by atoms with van der Waals surface area (Å²) in [5.74, 6) is 0. The monoisotopic (exact) mass is 188 g/mol. The van der Waals surface area contributed by atoms with Gasteiger partial charge in [0.15, 0.2) is 0 Å². The van der Waals surface area contributed by atoms with Crippen LogP contribution < -0.4 is 10.6 Å². The topological polar surface area (TPSA) is 52.9 Å². The summed E-state index contributed by atoms with van der Waals surface area (Å²) in [5, 5.41) is 15.2. The van der Waals surface area contributed by atoms with Gasteiger partial charge in [0.2, 0.25) is 0 Å². The van der Waals surface area contributed by atoms with Gasteiger partial charge in [-0.25, -0.2) is 4.79 Å². The van der Waals surface area contributed by atoms with Gasteiger partial charge in [0, 0.05) is 11.4 Å². The van der Waals surface area contributed by atoms with Gasteiger partial charge in [-0.15, -0.1) is 0 Å². The molecule has 0 saturated carbocycles. The summed E-state index contributed by atoms with van der Waals surface area (Å²) < 4.78 is 0. The third-order valence-corrected chi connectivity index (χ3v) is 1.85. The molecule has 1 aliphatic rings. The molecule has 14 heavy (non-hydrogen) atoms. The summed E-state index contributed by atoms with van der Waals surface area (Å²) in [5.41, 5.74) is 0. The zero-order valence-corrected chi connectivity index (χ0v) is 7.29. The zero-order chi connectivity index (χ0) is 9.97. The largest absolute Gasteiger partial charge is 0.463 e. The van der Waals surface area contributed by atoms with Gasteiger partial charge in [-0.05, 0) is 12.1 Å². The highest BCUT2D eigenvalue weighted by molar-refractivity contribution is 5.66. The fourth-order valence-electron chi connectivity index (χ4n) is 1.20. The fraction of sp³-hybridized carbons (Fsp3) is 0. The second-order valence-corrected chi connectivity index (χ2v) is 2.79. The van der Waals surface area contributed by atoms with Gasteiger partial charge >= 0.3 is 6.09 Å². The third kappa shape index (κ3) is 1.50. The highest BCUT2D eigenvalue weighted by Crippen LogP contribution is 1.93. The van der Waals surface area contributed by atoms with Crippen LogP contribution in [0.3, 0.4) is 0 Å². The van der Waals surface area contributed by atoms with Crippen molar-refractivity contribution in [1.29, 1.82) is 0 Å². The van der Waals surface area contributed by atoms with E-state index in [-0.39, 0.29) is 0 Å². The number of fused-ring (bicyclic) bond motifs is 1. The van der Waals surface area contributed by atoms with Crippen LogP contribution in [0.25, 0.3) is 6.08 Å². The Morgan fingerprint density at radius 3 is 2.93 bits per heavy atom. The molecule has 2 rings (SSSR count). The highest BCUT2D eigenvalue weighted by Gasteiger charge is 2.06. The third-order valence-electron chi connectivity index (χ3n) is 1.85. The maximum absolute atomic E-state index is 10.7. The first-order valence-corrected chi connectivity index (χ1v) is 4.12. The van der Waals surface area contributed by atoms with Crippen molar-refractivity contribution in [1.82, 2.24) is 5.01 Å². The van der Waals surface area contributed by atoms with Crippen molar-refractivity contribution in [3.63, 3.8) is 0 Å². The van der Waals surface area contributed by atoms with E-state index in [1.165, 1.54) is 6.20 Å². The van der Waals surface area contributed by atoms with E-state index < -0.39 is 6.09 Å². The summed E-state index contributed by atoms with van der Waals surface area (Å²) in [6.45, 7) is 0. The SMILES string of the molecule is O=C(O)N1C=CC=c2ccccc2=N1. The van der Waals surface area contributed by atoms with Crippen LogP contribution in [0, 0.1) is 0 Å². The molecule has 1 aliphatic heterocycles. The molecule has 1 heterocycles. The molecule has 0 radical (unpaired) electrons. The molecule has 70 valence electrons. The molecule has 0 unspecified atom stereocenters. The van der Waals surface area contributed by atoms with Crippen molar-refractivity contribution < 1.29 is 9.90 Å². The highest BCUT2D eigenvalue weighted by atomic mass is 16.4. The van der Waals surface area contributed by atoms with Crippen LogP contribution in [0.1, 0.15) is 0 Å². The van der Waals surface area contributed by atoms with E-state index in [0.717, 1.165) is 10.2 Å². The minimum Gasteiger partial charge on any atom is -0.463 e. The summed E-state index contributed by atoms with van der Waals surface area (Å²) in [6, 6.07) is 7.36. The molecule has 0 saturated heterocycles. The molecule has 0 aliphatic carbocycles. The Morgan fingerprint density at radius 1 is 1.36 bits per heavy atom. The number of nitrogens with zero attached hydrogens (tertiary/aromatic N) is 2. The number of hydrogen-bond acceptors (Lipinski definition) is 2. The summed E-state index contributed by atoms with van der Waals surface area (Å²) in [6.07, 6.45) is 3.79. The van der Waals surface area contributed by atoms with Crippen molar-refractivity contribution >= 4 is 12.2 Å². The molecule has 1 amide bonds. The van der Waals surface area contributed by atoms with Crippen molar-refractivity contribution in [3.05, 3.63) is 47.1 Å². The first kappa shape index (κ1) is 8.50. The Labute approximate surface area is 80.1 Å². The van der Waals surface area contributed by atoms with Gasteiger partial charge in [-0.3, -0.25) is 0 Å². The molecule has 4 heteroatoms. The first-order valence-electron chi connectivity index (χ1n) is 4.12. The lowest BCUT2D eigenvalue weighted by Gasteiger charge is -2.04. The summed E-state index contributed by atoms with van der Waals surface area (Å²) >= 11 is 0. The average Bonchev–Trinajstić information content (AvgIpc) is 2.39. The van der Waals surface area contributed by atoms with E-state index >= 15 is 0 Å². The Bertz CT molecular complexity index is 505. The zero-order valence-electron chi connectivity index (χ0n) is 7.29. The van der Waals surface area contributed by atoms with Gasteiger partial charge in [-0.1, -0.05) is 24.3 Å². The molecule has 1 N–H and O–H groups in total. The Kier molecular flexibility index (Phi) is 2.02. The lowest BCUT2D eigenvalue weighted by atomic mass is 10.3. The van der Waals surface area contributed by atoms with E-state index in [1.807, 2.05) is 24.3 Å². The van der Waals surface area contributed by atoms with E-state index in [2.05, 4.69) is 5.10 Å². The molecule has 1 aromatic rings. The predicted molar refractivity (Wildman–Crippen MR) is 50.7 cm³/mol. The van der Waals surface area contributed by atoms with Gasteiger partial charge in [0.25, 0.3) is 0 Å². The Hall–Kier alpha value is -2.10. The molecule has 0 atom stereocenters. The second-order valence-electron chi connectivity index (χ2n) is 2.79. The predicted octanol–water partition coefficient (Wildman–Crippen LogP) is 0.509. The van der Waals surface area contributed by atoms with Crippen molar-refractivity contribution in [3.8, 4) is 0 Å². The van der Waals surface area contributed by atoms with Crippen molar-refractivity contribution in [2.24, 2.45) is 5.10 Å². The average molecular weight is 188 g/mol. The number of amides is 1. The van der Waals surface area contributed by atoms with Crippen LogP contribution >= 0.6 is 0 Å². The summed E-state index contributed by atoms with van der Waals surface area (Å²) in [4.78, 5) is 10.7. The van der Waals surface area contributed by atoms with Gasteiger partial charge in [0.1, 0.15) is 0 Å². The normalized spacial score (nSPS) is 13.6. The van der Waals surface area contributed by atoms with Gasteiger partial charge in [-0.2, -0.15) is 10.1 Å². The maximum atomic E-state index is 10.7. The molecule has 0 aromatic heterocycles. The number of carboxylic acid groups (broad SMARTS) is 1. The summed E-state index contributed by atoms with van der Waals surface area (Å²) in [7, 11) is 0. The van der Waals surface area contributed by atoms with Crippen LogP contribution in [0.2, 0.25) is 0 Å². The number of rotatable bonds is 0. The standard InChI is InChI=1S/C10H8N2O2/c13-10(14)12-7-3-5-8-4-1-2-6-9(8)11-12/h1-7H,(H,13,14). The number of carbonyl (C=O) groups is 1. The van der Waals surface area contributed by atoms with Crippen LogP contribution in [0.5, 0.6) is 0 Å². The number of benzene rings is 1. The minimum absolute atomic E-state index is 0.653. The fourth-order valence-corrected chi connectivity index (χ4v) is 1.20. The van der Waals surface area contributed by atoms with Crippen LogP contribution in [0.15, 0.2) is 41.6 Å².